The van der Waals surface area contributed by atoms with E-state index >= 15 is 0 Å². The smallest absolute Gasteiger partial charge is 0.475 e. The van der Waals surface area contributed by atoms with E-state index < -0.39 is 12.1 Å². The van der Waals surface area contributed by atoms with Crippen molar-refractivity contribution in [2.24, 2.45) is 7.05 Å². The molecule has 0 radical (unpaired) electrons. The van der Waals surface area contributed by atoms with Gasteiger partial charge in [-0.25, -0.2) is 9.31 Å². The first-order valence-electron chi connectivity index (χ1n) is 10.3. The second kappa shape index (κ2) is 9.25. The number of aliphatic carboxylic acids is 1. The van der Waals surface area contributed by atoms with Crippen molar-refractivity contribution in [1.82, 2.24) is 24.7 Å². The SMILES string of the molecule is Cn1cc(NC(=O)c2ccc3ccc(N4CC5CCC4CN5)nn23)c(Br)n1.O=C(O)C(F)(F)F. The van der Waals surface area contributed by atoms with Crippen molar-refractivity contribution in [3.63, 3.8) is 0 Å². The van der Waals surface area contributed by atoms with E-state index in [0.717, 1.165) is 24.4 Å². The topological polar surface area (TPSA) is 117 Å². The minimum absolute atomic E-state index is 0.213. The first-order valence-corrected chi connectivity index (χ1v) is 11.1. The Morgan fingerprint density at radius 2 is 1.91 bits per heavy atom. The average Bonchev–Trinajstić information content (AvgIpc) is 3.36. The number of fused-ring (bicyclic) bond motifs is 4. The second-order valence-electron chi connectivity index (χ2n) is 8.00. The van der Waals surface area contributed by atoms with E-state index in [1.165, 1.54) is 12.8 Å². The maximum Gasteiger partial charge on any atom is 0.490 e. The summed E-state index contributed by atoms with van der Waals surface area (Å²) in [5.74, 6) is -2.05. The highest BCUT2D eigenvalue weighted by atomic mass is 79.9. The number of anilines is 2. The van der Waals surface area contributed by atoms with Crippen LogP contribution in [-0.2, 0) is 11.8 Å². The number of alkyl halides is 3. The van der Waals surface area contributed by atoms with Gasteiger partial charge in [-0.15, -0.1) is 5.10 Å². The molecule has 3 aliphatic heterocycles. The number of carboxylic acid groups (broad SMARTS) is 1. The number of aromatic nitrogens is 4. The molecule has 3 saturated heterocycles. The third-order valence-corrected chi connectivity index (χ3v) is 6.23. The summed E-state index contributed by atoms with van der Waals surface area (Å²) in [4.78, 5) is 24.1. The Balaban J connectivity index is 0.000000344. The van der Waals surface area contributed by atoms with E-state index in [1.807, 2.05) is 19.2 Å². The molecule has 0 aromatic carbocycles. The molecule has 2 unspecified atom stereocenters. The predicted octanol–water partition coefficient (Wildman–Crippen LogP) is 2.66. The highest BCUT2D eigenvalue weighted by Crippen LogP contribution is 2.27. The van der Waals surface area contributed by atoms with Crippen molar-refractivity contribution >= 4 is 44.8 Å². The zero-order chi connectivity index (χ0) is 24.6. The number of carbonyl (C=O) groups excluding carboxylic acids is 1. The summed E-state index contributed by atoms with van der Waals surface area (Å²) in [6.45, 7) is 1.97. The average molecular weight is 544 g/mol. The van der Waals surface area contributed by atoms with Gasteiger partial charge in [0.05, 0.1) is 11.2 Å². The van der Waals surface area contributed by atoms with Gasteiger partial charge in [0.2, 0.25) is 0 Å². The molecule has 6 heterocycles. The molecule has 2 atom stereocenters. The van der Waals surface area contributed by atoms with Crippen molar-refractivity contribution < 1.29 is 27.9 Å². The molecule has 0 spiro atoms. The van der Waals surface area contributed by atoms with Gasteiger partial charge < -0.3 is 20.6 Å². The molecule has 2 bridgehead atoms. The molecule has 14 heteroatoms. The van der Waals surface area contributed by atoms with Crippen LogP contribution in [-0.4, -0.2) is 67.7 Å². The van der Waals surface area contributed by atoms with Gasteiger partial charge in [-0.2, -0.15) is 18.3 Å². The highest BCUT2D eigenvalue weighted by molar-refractivity contribution is 9.10. The van der Waals surface area contributed by atoms with Crippen LogP contribution >= 0.6 is 15.9 Å². The van der Waals surface area contributed by atoms with Crippen molar-refractivity contribution in [2.75, 3.05) is 23.3 Å². The standard InChI is InChI=1S/C18H20BrN7O.C2HF3O2/c1-24-10-14(17(19)23-24)21-18(27)15-6-4-12-5-7-16(22-26(12)15)25-9-11-2-3-13(25)8-20-11;3-2(4,5)1(6)7/h4-7,10-11,13,20H,2-3,8-9H2,1H3,(H,21,27);(H,6,7). The maximum atomic E-state index is 12.8. The summed E-state index contributed by atoms with van der Waals surface area (Å²) in [5, 5.41) is 22.6. The zero-order valence-electron chi connectivity index (χ0n) is 17.9. The van der Waals surface area contributed by atoms with Gasteiger partial charge in [0.15, 0.2) is 4.60 Å². The number of piperidine rings is 2. The lowest BCUT2D eigenvalue weighted by molar-refractivity contribution is -0.192. The molecule has 182 valence electrons. The van der Waals surface area contributed by atoms with Crippen molar-refractivity contribution in [2.45, 2.75) is 31.1 Å². The Labute approximate surface area is 199 Å². The Bertz CT molecular complexity index is 1220. The van der Waals surface area contributed by atoms with Crippen LogP contribution in [0.2, 0.25) is 0 Å². The van der Waals surface area contributed by atoms with Gasteiger partial charge in [-0.1, -0.05) is 0 Å². The first kappa shape index (κ1) is 24.0. The van der Waals surface area contributed by atoms with Crippen LogP contribution in [0.1, 0.15) is 23.3 Å². The van der Waals surface area contributed by atoms with Crippen LogP contribution in [0.15, 0.2) is 35.1 Å². The summed E-state index contributed by atoms with van der Waals surface area (Å²) in [6, 6.07) is 8.79. The summed E-state index contributed by atoms with van der Waals surface area (Å²) >= 11 is 3.36. The number of aryl methyl sites for hydroxylation is 1. The number of hydrogen-bond donors (Lipinski definition) is 3. The van der Waals surface area contributed by atoms with Gasteiger partial charge in [-0.3, -0.25) is 9.48 Å². The van der Waals surface area contributed by atoms with Crippen LogP contribution in [0.3, 0.4) is 0 Å². The Morgan fingerprint density at radius 3 is 2.44 bits per heavy atom. The molecule has 3 aliphatic rings. The van der Waals surface area contributed by atoms with Crippen LogP contribution in [0.5, 0.6) is 0 Å². The monoisotopic (exact) mass is 543 g/mol. The molecule has 34 heavy (non-hydrogen) atoms. The number of nitrogens with one attached hydrogen (secondary N) is 2. The number of carbonyl (C=O) groups is 2. The van der Waals surface area contributed by atoms with Crippen LogP contribution in [0, 0.1) is 0 Å². The fourth-order valence-corrected chi connectivity index (χ4v) is 4.48. The van der Waals surface area contributed by atoms with Crippen molar-refractivity contribution in [1.29, 1.82) is 0 Å². The third-order valence-electron chi connectivity index (χ3n) is 5.64. The lowest BCUT2D eigenvalue weighted by Gasteiger charge is -2.46. The number of rotatable bonds is 3. The van der Waals surface area contributed by atoms with E-state index in [0.29, 0.717) is 28.1 Å². The van der Waals surface area contributed by atoms with Gasteiger partial charge in [0.25, 0.3) is 5.91 Å². The summed E-state index contributed by atoms with van der Waals surface area (Å²) in [7, 11) is 1.81. The highest BCUT2D eigenvalue weighted by Gasteiger charge is 2.38. The van der Waals surface area contributed by atoms with Crippen LogP contribution < -0.4 is 15.5 Å². The number of piperazine rings is 1. The molecule has 0 aliphatic carbocycles. The molecule has 1 amide bonds. The van der Waals surface area contributed by atoms with E-state index in [1.54, 1.807) is 21.5 Å². The van der Waals surface area contributed by atoms with Crippen LogP contribution in [0.25, 0.3) is 5.52 Å². The minimum Gasteiger partial charge on any atom is -0.475 e. The van der Waals surface area contributed by atoms with Gasteiger partial charge in [-0.05, 0) is 53.0 Å². The Hall–Kier alpha value is -3.13. The van der Waals surface area contributed by atoms with E-state index in [9.17, 15) is 18.0 Å². The number of nitrogens with zero attached hydrogens (tertiary/aromatic N) is 5. The molecule has 3 aromatic heterocycles. The molecule has 3 N–H and O–H groups in total. The fraction of sp³-hybridized carbons (Fsp3) is 0.400. The number of halogens is 4. The fourth-order valence-electron chi connectivity index (χ4n) is 4.02. The largest absolute Gasteiger partial charge is 0.490 e. The zero-order valence-corrected chi connectivity index (χ0v) is 19.5. The molecule has 0 saturated carbocycles. The lowest BCUT2D eigenvalue weighted by atomic mass is 9.93. The summed E-state index contributed by atoms with van der Waals surface area (Å²) in [5.41, 5.74) is 2.03. The van der Waals surface area contributed by atoms with Gasteiger partial charge >= 0.3 is 12.1 Å². The third kappa shape index (κ3) is 5.01. The van der Waals surface area contributed by atoms with Crippen molar-refractivity contribution in [3.05, 3.63) is 40.8 Å². The quantitative estimate of drug-likeness (QED) is 0.465. The van der Waals surface area contributed by atoms with Crippen LogP contribution in [0.4, 0.5) is 24.7 Å². The number of hydrogen-bond acceptors (Lipinski definition) is 6. The normalized spacial score (nSPS) is 19.6. The number of carboxylic acids is 1. The first-order chi connectivity index (χ1) is 16.0. The molecular weight excluding hydrogens is 523 g/mol. The molecule has 10 nitrogen and oxygen atoms in total. The second-order valence-corrected chi connectivity index (χ2v) is 8.75. The molecule has 3 fully saturated rings. The van der Waals surface area contributed by atoms with E-state index in [4.69, 9.17) is 15.0 Å². The van der Waals surface area contributed by atoms with E-state index in [-0.39, 0.29) is 5.91 Å². The molecule has 6 rings (SSSR count). The lowest BCUT2D eigenvalue weighted by Crippen LogP contribution is -2.61. The van der Waals surface area contributed by atoms with Crippen molar-refractivity contribution in [3.8, 4) is 0 Å². The number of amides is 1. The predicted molar refractivity (Wildman–Crippen MR) is 120 cm³/mol. The Kier molecular flexibility index (Phi) is 6.53. The summed E-state index contributed by atoms with van der Waals surface area (Å²) < 4.78 is 35.7. The maximum absolute atomic E-state index is 12.8. The molecular formula is C20H21BrF3N7O3. The van der Waals surface area contributed by atoms with E-state index in [2.05, 4.69) is 42.6 Å². The summed E-state index contributed by atoms with van der Waals surface area (Å²) in [6.07, 6.45) is -0.917. The Morgan fingerprint density at radius 1 is 1.21 bits per heavy atom. The van der Waals surface area contributed by atoms with Gasteiger partial charge in [0, 0.05) is 38.4 Å². The van der Waals surface area contributed by atoms with Gasteiger partial charge in [0.1, 0.15) is 11.5 Å². The minimum atomic E-state index is -5.08. The molecule has 3 aromatic rings.